The van der Waals surface area contributed by atoms with Crippen molar-refractivity contribution in [1.29, 1.82) is 0 Å². The van der Waals surface area contributed by atoms with Gasteiger partial charge in [-0.25, -0.2) is 0 Å². The van der Waals surface area contributed by atoms with E-state index in [9.17, 15) is 9.59 Å². The van der Waals surface area contributed by atoms with Crippen molar-refractivity contribution < 1.29 is 14.3 Å². The van der Waals surface area contributed by atoms with E-state index in [0.29, 0.717) is 44.0 Å². The quantitative estimate of drug-likeness (QED) is 0.901. The van der Waals surface area contributed by atoms with Crippen molar-refractivity contribution in [2.75, 3.05) is 32.8 Å². The molecule has 0 bridgehead atoms. The molecule has 0 spiro atoms. The predicted octanol–water partition coefficient (Wildman–Crippen LogP) is 3.02. The van der Waals surface area contributed by atoms with E-state index >= 15 is 0 Å². The third kappa shape index (κ3) is 4.15. The molecule has 3 rings (SSSR count). The summed E-state index contributed by atoms with van der Waals surface area (Å²) < 4.78 is 5.62. The van der Waals surface area contributed by atoms with Gasteiger partial charge >= 0.3 is 0 Å². The van der Waals surface area contributed by atoms with E-state index in [1.54, 1.807) is 12.3 Å². The molecule has 144 valence electrons. The maximum absolute atomic E-state index is 13.1. The molecule has 0 aliphatic carbocycles. The van der Waals surface area contributed by atoms with Crippen molar-refractivity contribution in [3.8, 4) is 5.75 Å². The van der Waals surface area contributed by atoms with Gasteiger partial charge in [0.25, 0.3) is 11.8 Å². The van der Waals surface area contributed by atoms with Crippen LogP contribution >= 0.6 is 0 Å². The second-order valence-corrected chi connectivity index (χ2v) is 6.89. The highest BCUT2D eigenvalue weighted by Gasteiger charge is 2.25. The molecule has 6 heteroatoms. The third-order valence-corrected chi connectivity index (χ3v) is 4.95. The van der Waals surface area contributed by atoms with Gasteiger partial charge in [-0.1, -0.05) is 0 Å². The Labute approximate surface area is 160 Å². The number of aromatic amines is 1. The van der Waals surface area contributed by atoms with Crippen molar-refractivity contribution in [3.05, 3.63) is 52.8 Å². The second-order valence-electron chi connectivity index (χ2n) is 6.89. The van der Waals surface area contributed by atoms with Gasteiger partial charge in [0.1, 0.15) is 11.4 Å². The van der Waals surface area contributed by atoms with Crippen molar-refractivity contribution in [2.45, 2.75) is 27.2 Å². The summed E-state index contributed by atoms with van der Waals surface area (Å²) in [5, 5.41) is 0. The summed E-state index contributed by atoms with van der Waals surface area (Å²) in [6.07, 6.45) is 2.52. The zero-order valence-electron chi connectivity index (χ0n) is 16.2. The predicted molar refractivity (Wildman–Crippen MR) is 104 cm³/mol. The van der Waals surface area contributed by atoms with Crippen LogP contribution in [0.4, 0.5) is 0 Å². The van der Waals surface area contributed by atoms with Crippen LogP contribution in [-0.4, -0.2) is 59.4 Å². The van der Waals surface area contributed by atoms with Crippen LogP contribution in [0.3, 0.4) is 0 Å². The maximum Gasteiger partial charge on any atom is 0.270 e. The van der Waals surface area contributed by atoms with E-state index in [1.165, 1.54) is 0 Å². The molecule has 2 heterocycles. The Morgan fingerprint density at radius 2 is 1.74 bits per heavy atom. The first-order valence-corrected chi connectivity index (χ1v) is 9.47. The highest BCUT2D eigenvalue weighted by molar-refractivity contribution is 5.96. The highest BCUT2D eigenvalue weighted by Crippen LogP contribution is 2.24. The summed E-state index contributed by atoms with van der Waals surface area (Å²) in [6.45, 7) is 8.84. The van der Waals surface area contributed by atoms with Crippen LogP contribution in [0.25, 0.3) is 0 Å². The molecule has 2 aromatic rings. The summed E-state index contributed by atoms with van der Waals surface area (Å²) in [5.41, 5.74) is 3.18. The van der Waals surface area contributed by atoms with E-state index in [1.807, 2.05) is 48.8 Å². The highest BCUT2D eigenvalue weighted by atomic mass is 16.5. The molecule has 1 aliphatic heterocycles. The van der Waals surface area contributed by atoms with E-state index in [2.05, 4.69) is 4.98 Å². The summed E-state index contributed by atoms with van der Waals surface area (Å²) >= 11 is 0. The number of carbonyl (C=O) groups is 2. The molecule has 1 aromatic heterocycles. The summed E-state index contributed by atoms with van der Waals surface area (Å²) in [7, 11) is 0. The molecule has 1 N–H and O–H groups in total. The molecule has 2 amide bonds. The van der Waals surface area contributed by atoms with Crippen molar-refractivity contribution in [1.82, 2.24) is 14.8 Å². The van der Waals surface area contributed by atoms with Crippen LogP contribution in [0.15, 0.2) is 30.5 Å². The van der Waals surface area contributed by atoms with Crippen molar-refractivity contribution >= 4 is 11.8 Å². The van der Waals surface area contributed by atoms with Gasteiger partial charge in [-0.05, 0) is 62.6 Å². The smallest absolute Gasteiger partial charge is 0.270 e. The fourth-order valence-electron chi connectivity index (χ4n) is 3.46. The Balaban J connectivity index is 1.71. The van der Waals surface area contributed by atoms with Gasteiger partial charge in [-0.2, -0.15) is 0 Å². The van der Waals surface area contributed by atoms with E-state index in [0.717, 1.165) is 23.3 Å². The number of rotatable bonds is 4. The van der Waals surface area contributed by atoms with Gasteiger partial charge in [-0.15, -0.1) is 0 Å². The lowest BCUT2D eigenvalue weighted by atomic mass is 10.0. The standard InChI is InChI=1S/C21H27N3O3/c1-4-27-19-14-15(2)17(13-16(19)3)20(25)23-9-6-10-24(12-11-23)21(26)18-7-5-8-22-18/h5,7-8,13-14,22H,4,6,9-12H2,1-3H3. The number of hydrogen-bond donors (Lipinski definition) is 1. The average Bonchev–Trinajstić information content (AvgIpc) is 3.08. The molecule has 0 saturated carbocycles. The van der Waals surface area contributed by atoms with Crippen molar-refractivity contribution in [3.63, 3.8) is 0 Å². The zero-order chi connectivity index (χ0) is 19.4. The minimum absolute atomic E-state index is 0.0117. The molecular formula is C21H27N3O3. The third-order valence-electron chi connectivity index (χ3n) is 4.95. The van der Waals surface area contributed by atoms with E-state index < -0.39 is 0 Å². The Hall–Kier alpha value is -2.76. The fraction of sp³-hybridized carbons (Fsp3) is 0.429. The Bertz CT molecular complexity index is 814. The molecular weight excluding hydrogens is 342 g/mol. The molecule has 6 nitrogen and oxygen atoms in total. The number of H-pyrrole nitrogens is 1. The molecule has 0 unspecified atom stereocenters. The molecule has 1 fully saturated rings. The van der Waals surface area contributed by atoms with Gasteiger partial charge < -0.3 is 19.5 Å². The molecule has 1 aromatic carbocycles. The average molecular weight is 369 g/mol. The first-order valence-electron chi connectivity index (χ1n) is 9.47. The molecule has 1 saturated heterocycles. The van der Waals surface area contributed by atoms with Gasteiger partial charge in [0.2, 0.25) is 0 Å². The summed E-state index contributed by atoms with van der Waals surface area (Å²) in [5.74, 6) is 0.834. The first kappa shape index (κ1) is 19.0. The summed E-state index contributed by atoms with van der Waals surface area (Å²) in [6, 6.07) is 7.44. The number of hydrogen-bond acceptors (Lipinski definition) is 3. The van der Waals surface area contributed by atoms with Crippen LogP contribution in [0.2, 0.25) is 0 Å². The molecule has 0 radical (unpaired) electrons. The van der Waals surface area contributed by atoms with Crippen molar-refractivity contribution in [2.24, 2.45) is 0 Å². The second kappa shape index (κ2) is 8.29. The minimum Gasteiger partial charge on any atom is -0.494 e. The zero-order valence-corrected chi connectivity index (χ0v) is 16.2. The van der Waals surface area contributed by atoms with Crippen LogP contribution in [0.5, 0.6) is 5.75 Å². The molecule has 0 atom stereocenters. The van der Waals surface area contributed by atoms with Crippen LogP contribution in [-0.2, 0) is 0 Å². The monoisotopic (exact) mass is 369 g/mol. The van der Waals surface area contributed by atoms with Gasteiger partial charge in [-0.3, -0.25) is 9.59 Å². The lowest BCUT2D eigenvalue weighted by Gasteiger charge is -2.23. The van der Waals surface area contributed by atoms with Gasteiger partial charge in [0, 0.05) is 37.9 Å². The van der Waals surface area contributed by atoms with E-state index in [4.69, 9.17) is 4.74 Å². The lowest BCUT2D eigenvalue weighted by Crippen LogP contribution is -2.37. The van der Waals surface area contributed by atoms with Crippen LogP contribution < -0.4 is 4.74 Å². The lowest BCUT2D eigenvalue weighted by molar-refractivity contribution is 0.0715. The van der Waals surface area contributed by atoms with Gasteiger partial charge in [0.05, 0.1) is 6.61 Å². The topological polar surface area (TPSA) is 65.6 Å². The number of ether oxygens (including phenoxy) is 1. The van der Waals surface area contributed by atoms with E-state index in [-0.39, 0.29) is 11.8 Å². The minimum atomic E-state index is -0.0117. The largest absolute Gasteiger partial charge is 0.494 e. The number of nitrogens with zero attached hydrogens (tertiary/aromatic N) is 2. The van der Waals surface area contributed by atoms with Gasteiger partial charge in [0.15, 0.2) is 0 Å². The number of amides is 2. The number of aryl methyl sites for hydroxylation is 2. The normalized spacial score (nSPS) is 14.8. The SMILES string of the molecule is CCOc1cc(C)c(C(=O)N2CCCN(C(=O)c3ccc[nH]3)CC2)cc1C. The molecule has 27 heavy (non-hydrogen) atoms. The number of benzene rings is 1. The Morgan fingerprint density at radius 1 is 1.04 bits per heavy atom. The Kier molecular flexibility index (Phi) is 5.84. The fourth-order valence-corrected chi connectivity index (χ4v) is 3.46. The first-order chi connectivity index (χ1) is 13.0. The summed E-state index contributed by atoms with van der Waals surface area (Å²) in [4.78, 5) is 32.2. The van der Waals surface area contributed by atoms with Crippen LogP contribution in [0, 0.1) is 13.8 Å². The number of aromatic nitrogens is 1. The number of nitrogens with one attached hydrogen (secondary N) is 1. The Morgan fingerprint density at radius 3 is 2.37 bits per heavy atom. The maximum atomic E-state index is 13.1. The van der Waals surface area contributed by atoms with Crippen LogP contribution in [0.1, 0.15) is 45.3 Å². The molecule has 1 aliphatic rings. The number of carbonyl (C=O) groups excluding carboxylic acids is 2.